The van der Waals surface area contributed by atoms with Crippen LogP contribution in [-0.2, 0) is 22.1 Å². The third-order valence-corrected chi connectivity index (χ3v) is 7.31. The Kier molecular flexibility index (Phi) is 9.19. The second kappa shape index (κ2) is 12.4. The molecule has 0 radical (unpaired) electrons. The van der Waals surface area contributed by atoms with E-state index in [2.05, 4.69) is 10.2 Å². The fraction of sp³-hybridized carbons (Fsp3) is 0.452. The lowest BCUT2D eigenvalue weighted by Crippen LogP contribution is -2.51. The van der Waals surface area contributed by atoms with Crippen LogP contribution in [0.25, 0.3) is 10.8 Å². The van der Waals surface area contributed by atoms with Crippen molar-refractivity contribution >= 4 is 28.5 Å². The maximum atomic E-state index is 14.0. The van der Waals surface area contributed by atoms with Crippen molar-refractivity contribution in [3.8, 4) is 0 Å². The molecule has 0 aliphatic carbocycles. The van der Waals surface area contributed by atoms with Crippen molar-refractivity contribution in [3.63, 3.8) is 0 Å². The number of carbonyl (C=O) groups is 2. The first kappa shape index (κ1) is 32.0. The SMILES string of the molecule is Cc1ccc2c(=O)n([C@H](C)CN3CCN(C(=O)OC(C)(C)C)CC3)ccc2c1NC(=O)Cc1ccc(C(F)(F)F)c(F)c1. The van der Waals surface area contributed by atoms with Crippen molar-refractivity contribution in [2.45, 2.75) is 58.9 Å². The third kappa shape index (κ3) is 7.73. The van der Waals surface area contributed by atoms with Gasteiger partial charge in [-0.15, -0.1) is 0 Å². The van der Waals surface area contributed by atoms with E-state index in [4.69, 9.17) is 4.74 Å². The van der Waals surface area contributed by atoms with E-state index in [0.29, 0.717) is 66.9 Å². The lowest BCUT2D eigenvalue weighted by atomic mass is 10.0. The number of aryl methyl sites for hydroxylation is 1. The molecule has 1 fully saturated rings. The number of alkyl halides is 3. The zero-order valence-electron chi connectivity index (χ0n) is 24.8. The van der Waals surface area contributed by atoms with Crippen LogP contribution >= 0.6 is 0 Å². The van der Waals surface area contributed by atoms with Gasteiger partial charge in [0.15, 0.2) is 0 Å². The minimum Gasteiger partial charge on any atom is -0.444 e. The van der Waals surface area contributed by atoms with Crippen LogP contribution in [0.4, 0.5) is 28.0 Å². The van der Waals surface area contributed by atoms with E-state index in [9.17, 15) is 31.9 Å². The fourth-order valence-electron chi connectivity index (χ4n) is 5.13. The first-order valence-corrected chi connectivity index (χ1v) is 14.0. The number of hydrogen-bond donors (Lipinski definition) is 1. The fourth-order valence-corrected chi connectivity index (χ4v) is 5.13. The molecule has 1 aliphatic rings. The standard InChI is InChI=1S/C31H36F4N4O4/c1-19-6-8-23-22(27(19)36-26(40)17-21-7-9-24(25(32)16-21)31(33,34)35)10-11-39(28(23)41)20(2)18-37-12-14-38(15-13-37)29(42)43-30(3,4)5/h6-11,16,20H,12-15,17-18H2,1-5H3,(H,36,40)/t20-/m1/s1. The second-order valence-corrected chi connectivity index (χ2v) is 11.9. The summed E-state index contributed by atoms with van der Waals surface area (Å²) in [5, 5.41) is 3.67. The highest BCUT2D eigenvalue weighted by Crippen LogP contribution is 2.32. The molecular weight excluding hydrogens is 568 g/mol. The minimum absolute atomic E-state index is 0.0870. The lowest BCUT2D eigenvalue weighted by Gasteiger charge is -2.36. The second-order valence-electron chi connectivity index (χ2n) is 11.9. The van der Waals surface area contributed by atoms with Gasteiger partial charge in [0, 0.05) is 55.7 Å². The van der Waals surface area contributed by atoms with Gasteiger partial charge in [0.1, 0.15) is 11.4 Å². The Bertz CT molecular complexity index is 1570. The normalized spacial score (nSPS) is 15.4. The Morgan fingerprint density at radius 1 is 1.00 bits per heavy atom. The Hall–Kier alpha value is -3.93. The summed E-state index contributed by atoms with van der Waals surface area (Å²) in [5.41, 5.74) is -1.01. The predicted molar refractivity (Wildman–Crippen MR) is 156 cm³/mol. The van der Waals surface area contributed by atoms with Crippen LogP contribution in [0.1, 0.15) is 50.4 Å². The van der Waals surface area contributed by atoms with E-state index in [0.717, 1.165) is 6.07 Å². The molecule has 43 heavy (non-hydrogen) atoms. The molecule has 1 atom stereocenters. The quantitative estimate of drug-likeness (QED) is 0.362. The van der Waals surface area contributed by atoms with Gasteiger partial charge in [-0.2, -0.15) is 13.2 Å². The van der Waals surface area contributed by atoms with Gasteiger partial charge in [0.25, 0.3) is 5.56 Å². The first-order valence-electron chi connectivity index (χ1n) is 14.0. The average molecular weight is 605 g/mol. The number of rotatable bonds is 6. The maximum Gasteiger partial charge on any atom is 0.419 e. The Morgan fingerprint density at radius 3 is 2.28 bits per heavy atom. The number of hydrogen-bond acceptors (Lipinski definition) is 5. The average Bonchev–Trinajstić information content (AvgIpc) is 2.89. The number of amides is 2. The third-order valence-electron chi connectivity index (χ3n) is 7.31. The molecule has 2 aromatic carbocycles. The molecule has 0 saturated carbocycles. The molecule has 8 nitrogen and oxygen atoms in total. The topological polar surface area (TPSA) is 83.9 Å². The van der Waals surface area contributed by atoms with Crippen molar-refractivity contribution in [1.29, 1.82) is 0 Å². The van der Waals surface area contributed by atoms with E-state index in [1.807, 2.05) is 27.7 Å². The minimum atomic E-state index is -4.83. The summed E-state index contributed by atoms with van der Waals surface area (Å²) in [7, 11) is 0. The van der Waals surface area contributed by atoms with Crippen molar-refractivity contribution in [1.82, 2.24) is 14.4 Å². The molecule has 2 amide bonds. The molecule has 1 aromatic heterocycles. The molecule has 4 rings (SSSR count). The Balaban J connectivity index is 1.45. The Morgan fingerprint density at radius 2 is 1.67 bits per heavy atom. The number of benzene rings is 2. The van der Waals surface area contributed by atoms with Crippen molar-refractivity contribution < 1.29 is 31.9 Å². The van der Waals surface area contributed by atoms with Gasteiger partial charge < -0.3 is 19.5 Å². The predicted octanol–water partition coefficient (Wildman–Crippen LogP) is 5.76. The number of fused-ring (bicyclic) bond motifs is 1. The monoisotopic (exact) mass is 604 g/mol. The number of nitrogens with zero attached hydrogens (tertiary/aromatic N) is 3. The number of piperazine rings is 1. The van der Waals surface area contributed by atoms with Crippen LogP contribution in [-0.4, -0.2) is 64.7 Å². The molecule has 12 heteroatoms. The van der Waals surface area contributed by atoms with E-state index in [1.165, 1.54) is 0 Å². The van der Waals surface area contributed by atoms with Crippen molar-refractivity contribution in [2.24, 2.45) is 0 Å². The zero-order valence-corrected chi connectivity index (χ0v) is 24.8. The highest BCUT2D eigenvalue weighted by Gasteiger charge is 2.34. The summed E-state index contributed by atoms with van der Waals surface area (Å²) in [4.78, 5) is 42.5. The van der Waals surface area contributed by atoms with Crippen molar-refractivity contribution in [2.75, 3.05) is 38.0 Å². The number of nitrogens with one attached hydrogen (secondary N) is 1. The molecule has 1 N–H and O–H groups in total. The number of ether oxygens (including phenoxy) is 1. The van der Waals surface area contributed by atoms with Gasteiger partial charge in [-0.05, 0) is 70.0 Å². The summed E-state index contributed by atoms with van der Waals surface area (Å²) in [6, 6.07) is 7.35. The van der Waals surface area contributed by atoms with E-state index >= 15 is 0 Å². The van der Waals surface area contributed by atoms with Crippen LogP contribution in [0.15, 0.2) is 47.4 Å². The van der Waals surface area contributed by atoms with Crippen LogP contribution in [0.2, 0.25) is 0 Å². The summed E-state index contributed by atoms with van der Waals surface area (Å²) in [6.45, 7) is 12.1. The molecule has 0 bridgehead atoms. The van der Waals surface area contributed by atoms with Gasteiger partial charge in [-0.3, -0.25) is 14.5 Å². The maximum absolute atomic E-state index is 14.0. The van der Waals surface area contributed by atoms with E-state index in [-0.39, 0.29) is 29.7 Å². The number of carbonyl (C=O) groups excluding carboxylic acids is 2. The highest BCUT2D eigenvalue weighted by molar-refractivity contribution is 6.03. The van der Waals surface area contributed by atoms with Gasteiger partial charge in [-0.1, -0.05) is 12.1 Å². The molecule has 2 heterocycles. The smallest absolute Gasteiger partial charge is 0.419 e. The largest absolute Gasteiger partial charge is 0.444 e. The number of halogens is 4. The number of anilines is 1. The first-order chi connectivity index (χ1) is 20.0. The molecular formula is C31H36F4N4O4. The van der Waals surface area contributed by atoms with Gasteiger partial charge in [-0.25, -0.2) is 9.18 Å². The summed E-state index contributed by atoms with van der Waals surface area (Å²) in [5.74, 6) is -2.00. The van der Waals surface area contributed by atoms with Crippen LogP contribution in [0.5, 0.6) is 0 Å². The summed E-state index contributed by atoms with van der Waals surface area (Å²) < 4.78 is 59.7. The van der Waals surface area contributed by atoms with E-state index in [1.54, 1.807) is 40.8 Å². The zero-order chi connectivity index (χ0) is 31.7. The molecule has 1 aliphatic heterocycles. The van der Waals surface area contributed by atoms with Crippen molar-refractivity contribution in [3.05, 3.63) is 75.5 Å². The summed E-state index contributed by atoms with van der Waals surface area (Å²) in [6.07, 6.45) is -3.84. The van der Waals surface area contributed by atoms with Crippen LogP contribution in [0, 0.1) is 12.7 Å². The number of aromatic nitrogens is 1. The van der Waals surface area contributed by atoms with Gasteiger partial charge >= 0.3 is 12.3 Å². The van der Waals surface area contributed by atoms with E-state index < -0.39 is 29.1 Å². The molecule has 0 spiro atoms. The Labute approximate surface area is 247 Å². The molecule has 232 valence electrons. The van der Waals surface area contributed by atoms with Gasteiger partial charge in [0.05, 0.1) is 17.7 Å². The van der Waals surface area contributed by atoms with Crippen LogP contribution in [0.3, 0.4) is 0 Å². The molecule has 3 aromatic rings. The number of pyridine rings is 1. The summed E-state index contributed by atoms with van der Waals surface area (Å²) >= 11 is 0. The molecule has 1 saturated heterocycles. The van der Waals surface area contributed by atoms with Gasteiger partial charge in [0.2, 0.25) is 5.91 Å². The molecule has 0 unspecified atom stereocenters. The lowest BCUT2D eigenvalue weighted by molar-refractivity contribution is -0.140. The highest BCUT2D eigenvalue weighted by atomic mass is 19.4. The van der Waals surface area contributed by atoms with Crippen LogP contribution < -0.4 is 10.9 Å².